The molecule has 0 spiro atoms. The van der Waals surface area contributed by atoms with Crippen molar-refractivity contribution in [2.45, 2.75) is 30.5 Å². The van der Waals surface area contributed by atoms with Crippen molar-refractivity contribution >= 4 is 33.2 Å². The monoisotopic (exact) mass is 511 g/mol. The van der Waals surface area contributed by atoms with Crippen LogP contribution in [0.15, 0.2) is 78.0 Å². The van der Waals surface area contributed by atoms with E-state index in [0.717, 1.165) is 22.0 Å². The van der Waals surface area contributed by atoms with Crippen LogP contribution in [0, 0.1) is 0 Å². The Hall–Kier alpha value is -3.11. The van der Waals surface area contributed by atoms with Gasteiger partial charge in [0.2, 0.25) is 5.91 Å². The number of alkyl halides is 3. The number of hydrogen-bond donors (Lipinski definition) is 1. The summed E-state index contributed by atoms with van der Waals surface area (Å²) in [5.74, 6) is -0.330. The summed E-state index contributed by atoms with van der Waals surface area (Å²) in [6.07, 6.45) is -1.49. The zero-order valence-corrected chi connectivity index (χ0v) is 19.4. The smallest absolute Gasteiger partial charge is 0.352 e. The molecule has 0 fully saturated rings. The molecule has 0 bridgehead atoms. The van der Waals surface area contributed by atoms with Gasteiger partial charge in [-0.05, 0) is 54.4 Å². The van der Waals surface area contributed by atoms with Gasteiger partial charge in [-0.25, -0.2) is 8.42 Å². The molecule has 2 aromatic carbocycles. The summed E-state index contributed by atoms with van der Waals surface area (Å²) in [5, 5.41) is 2.56. The summed E-state index contributed by atoms with van der Waals surface area (Å²) >= 11 is 6.14. The van der Waals surface area contributed by atoms with Crippen molar-refractivity contribution in [2.75, 3.05) is 10.8 Å². The first-order valence-corrected chi connectivity index (χ1v) is 12.0. The van der Waals surface area contributed by atoms with E-state index in [1.807, 2.05) is 0 Å². The molecule has 0 saturated heterocycles. The molecule has 0 radical (unpaired) electrons. The van der Waals surface area contributed by atoms with Crippen molar-refractivity contribution in [1.29, 1.82) is 0 Å². The Morgan fingerprint density at radius 3 is 2.35 bits per heavy atom. The number of carbonyl (C=O) groups excluding carboxylic acids is 1. The molecule has 1 N–H and O–H groups in total. The first kappa shape index (κ1) is 25.5. The lowest BCUT2D eigenvalue weighted by Crippen LogP contribution is -2.33. The Labute approximate surface area is 200 Å². The summed E-state index contributed by atoms with van der Waals surface area (Å²) in [4.78, 5) is 16.0. The number of hydrogen-bond acceptors (Lipinski definition) is 4. The van der Waals surface area contributed by atoms with Gasteiger partial charge in [0.05, 0.1) is 21.2 Å². The summed E-state index contributed by atoms with van der Waals surface area (Å²) in [5.41, 5.74) is -0.500. The maximum Gasteiger partial charge on any atom is 0.416 e. The van der Waals surface area contributed by atoms with Gasteiger partial charge in [-0.2, -0.15) is 13.2 Å². The van der Waals surface area contributed by atoms with E-state index in [9.17, 15) is 26.4 Å². The molecule has 11 heteroatoms. The van der Waals surface area contributed by atoms with E-state index < -0.39 is 21.8 Å². The van der Waals surface area contributed by atoms with Crippen molar-refractivity contribution < 1.29 is 26.4 Å². The van der Waals surface area contributed by atoms with Crippen LogP contribution in [0.3, 0.4) is 0 Å². The largest absolute Gasteiger partial charge is 0.416 e. The lowest BCUT2D eigenvalue weighted by atomic mass is 10.2. The minimum Gasteiger partial charge on any atom is -0.352 e. The lowest BCUT2D eigenvalue weighted by molar-refractivity contribution is -0.137. The van der Waals surface area contributed by atoms with Crippen LogP contribution in [0.4, 0.5) is 18.9 Å². The van der Waals surface area contributed by atoms with Crippen molar-refractivity contribution in [3.05, 3.63) is 89.2 Å². The van der Waals surface area contributed by atoms with Crippen molar-refractivity contribution in [2.24, 2.45) is 0 Å². The number of nitrogens with one attached hydrogen (secondary N) is 1. The van der Waals surface area contributed by atoms with Gasteiger partial charge in [0, 0.05) is 31.9 Å². The molecule has 0 aliphatic heterocycles. The molecular weight excluding hydrogens is 491 g/mol. The van der Waals surface area contributed by atoms with Crippen LogP contribution < -0.4 is 9.62 Å². The molecule has 0 atom stereocenters. The SMILES string of the molecule is O=C(CCCN(c1cc(C(F)(F)F)ccc1Cl)S(=O)(=O)c1ccccc1)NCc1ccncc1. The van der Waals surface area contributed by atoms with Gasteiger partial charge in [-0.1, -0.05) is 29.8 Å². The third-order valence-corrected chi connectivity index (χ3v) is 7.02. The van der Waals surface area contributed by atoms with E-state index in [4.69, 9.17) is 11.6 Å². The molecule has 0 saturated carbocycles. The molecule has 3 aromatic rings. The normalized spacial score (nSPS) is 11.8. The predicted molar refractivity (Wildman–Crippen MR) is 123 cm³/mol. The van der Waals surface area contributed by atoms with Gasteiger partial charge in [-0.3, -0.25) is 14.1 Å². The van der Waals surface area contributed by atoms with Crippen LogP contribution in [0.2, 0.25) is 5.02 Å². The number of aromatic nitrogens is 1. The van der Waals surface area contributed by atoms with Crippen LogP contribution in [-0.4, -0.2) is 25.9 Å². The first-order chi connectivity index (χ1) is 16.1. The van der Waals surface area contributed by atoms with Crippen LogP contribution in [0.5, 0.6) is 0 Å². The highest BCUT2D eigenvalue weighted by Crippen LogP contribution is 2.37. The number of rotatable bonds is 9. The van der Waals surface area contributed by atoms with Gasteiger partial charge in [0.25, 0.3) is 10.0 Å². The van der Waals surface area contributed by atoms with E-state index in [1.165, 1.54) is 24.3 Å². The van der Waals surface area contributed by atoms with Crippen LogP contribution in [0.1, 0.15) is 24.0 Å². The predicted octanol–water partition coefficient (Wildman–Crippen LogP) is 5.05. The standard InChI is InChI=1S/C23H21ClF3N3O3S/c24-20-9-8-18(23(25,26)27)15-21(20)30(34(32,33)19-5-2-1-3-6-19)14-4-7-22(31)29-16-17-10-12-28-13-11-17/h1-3,5-6,8-13,15H,4,7,14,16H2,(H,29,31). The van der Waals surface area contributed by atoms with Crippen molar-refractivity contribution in [3.8, 4) is 0 Å². The minimum absolute atomic E-state index is 0.0392. The number of benzene rings is 2. The summed E-state index contributed by atoms with van der Waals surface area (Å²) in [6.45, 7) is 0.0216. The van der Waals surface area contributed by atoms with E-state index in [0.29, 0.717) is 6.07 Å². The van der Waals surface area contributed by atoms with E-state index in [2.05, 4.69) is 10.3 Å². The van der Waals surface area contributed by atoms with Gasteiger partial charge in [-0.15, -0.1) is 0 Å². The maximum atomic E-state index is 13.3. The fourth-order valence-electron chi connectivity index (χ4n) is 3.14. The fraction of sp³-hybridized carbons (Fsp3) is 0.217. The Morgan fingerprint density at radius 2 is 1.71 bits per heavy atom. The molecule has 0 unspecified atom stereocenters. The molecule has 34 heavy (non-hydrogen) atoms. The van der Waals surface area contributed by atoms with E-state index in [1.54, 1.807) is 30.6 Å². The number of anilines is 1. The number of nitrogens with zero attached hydrogens (tertiary/aromatic N) is 2. The highest BCUT2D eigenvalue weighted by atomic mass is 35.5. The molecular formula is C23H21ClF3N3O3S. The number of halogens is 4. The van der Waals surface area contributed by atoms with Crippen LogP contribution in [-0.2, 0) is 27.5 Å². The molecule has 0 aliphatic carbocycles. The Bertz CT molecular complexity index is 1220. The summed E-state index contributed by atoms with van der Waals surface area (Å²) < 4.78 is 67.3. The molecule has 0 aliphatic rings. The Balaban J connectivity index is 1.81. The van der Waals surface area contributed by atoms with Gasteiger partial charge < -0.3 is 5.32 Å². The molecule has 1 heterocycles. The Morgan fingerprint density at radius 1 is 1.03 bits per heavy atom. The topological polar surface area (TPSA) is 79.4 Å². The number of amides is 1. The second-order valence-electron chi connectivity index (χ2n) is 7.29. The molecule has 180 valence electrons. The third-order valence-electron chi connectivity index (χ3n) is 4.88. The second-order valence-corrected chi connectivity index (χ2v) is 9.56. The average molecular weight is 512 g/mol. The average Bonchev–Trinajstić information content (AvgIpc) is 2.81. The third kappa shape index (κ3) is 6.48. The van der Waals surface area contributed by atoms with Crippen molar-refractivity contribution in [1.82, 2.24) is 10.3 Å². The summed E-state index contributed by atoms with van der Waals surface area (Å²) in [6, 6.07) is 13.3. The Kier molecular flexibility index (Phi) is 8.16. The molecule has 1 amide bonds. The number of pyridine rings is 1. The zero-order chi connectivity index (χ0) is 24.8. The van der Waals surface area contributed by atoms with E-state index in [-0.39, 0.29) is 47.4 Å². The lowest BCUT2D eigenvalue weighted by Gasteiger charge is -2.26. The van der Waals surface area contributed by atoms with Gasteiger partial charge in [0.1, 0.15) is 0 Å². The highest BCUT2D eigenvalue weighted by Gasteiger charge is 2.33. The number of sulfonamides is 1. The first-order valence-electron chi connectivity index (χ1n) is 10.2. The van der Waals surface area contributed by atoms with Gasteiger partial charge >= 0.3 is 6.18 Å². The second kappa shape index (κ2) is 10.9. The fourth-order valence-corrected chi connectivity index (χ4v) is 4.95. The molecule has 1 aromatic heterocycles. The zero-order valence-electron chi connectivity index (χ0n) is 17.8. The van der Waals surface area contributed by atoms with Crippen LogP contribution >= 0.6 is 11.6 Å². The van der Waals surface area contributed by atoms with Gasteiger partial charge in [0.15, 0.2) is 0 Å². The number of carbonyl (C=O) groups is 1. The maximum absolute atomic E-state index is 13.3. The highest BCUT2D eigenvalue weighted by molar-refractivity contribution is 7.92. The minimum atomic E-state index is -4.69. The summed E-state index contributed by atoms with van der Waals surface area (Å²) in [7, 11) is -4.25. The molecule has 6 nitrogen and oxygen atoms in total. The van der Waals surface area contributed by atoms with Crippen LogP contribution in [0.25, 0.3) is 0 Å². The quantitative estimate of drug-likeness (QED) is 0.436. The molecule has 3 rings (SSSR count). The van der Waals surface area contributed by atoms with Crippen molar-refractivity contribution in [3.63, 3.8) is 0 Å². The van der Waals surface area contributed by atoms with E-state index >= 15 is 0 Å².